The maximum Gasteiger partial charge on any atom is 0.326 e. The molecule has 0 spiro atoms. The second-order valence-electron chi connectivity index (χ2n) is 4.39. The molecule has 1 atom stereocenters. The van der Waals surface area contributed by atoms with Crippen LogP contribution in [0.25, 0.3) is 0 Å². The highest BCUT2D eigenvalue weighted by Crippen LogP contribution is 2.03. The third-order valence-electron chi connectivity index (χ3n) is 2.44. The van der Waals surface area contributed by atoms with E-state index in [2.05, 4.69) is 20.5 Å². The standard InChI is InChI=1S/C11H18N4O3/c1-4-5-7-12-9(15-14-7)10(16)13-8(6(2)3)11(17)18/h6,8H,4-5H2,1-3H3,(H,13,16)(H,17,18)(H,12,14,15)/t8-/m1/s1. The van der Waals surface area contributed by atoms with Crippen molar-refractivity contribution in [2.45, 2.75) is 39.7 Å². The summed E-state index contributed by atoms with van der Waals surface area (Å²) < 4.78 is 0. The van der Waals surface area contributed by atoms with Crippen molar-refractivity contribution in [2.75, 3.05) is 0 Å². The Bertz CT molecular complexity index is 428. The van der Waals surface area contributed by atoms with E-state index in [1.54, 1.807) is 13.8 Å². The Labute approximate surface area is 105 Å². The third kappa shape index (κ3) is 3.54. The van der Waals surface area contributed by atoms with Gasteiger partial charge in [0.25, 0.3) is 5.91 Å². The molecule has 0 aromatic carbocycles. The molecule has 1 heterocycles. The average Bonchev–Trinajstić information content (AvgIpc) is 2.73. The molecular weight excluding hydrogens is 236 g/mol. The summed E-state index contributed by atoms with van der Waals surface area (Å²) in [4.78, 5) is 26.7. The molecule has 0 aliphatic rings. The van der Waals surface area contributed by atoms with Crippen molar-refractivity contribution in [3.8, 4) is 0 Å². The highest BCUT2D eigenvalue weighted by atomic mass is 16.4. The molecule has 1 aromatic rings. The Morgan fingerprint density at radius 1 is 1.44 bits per heavy atom. The van der Waals surface area contributed by atoms with Gasteiger partial charge in [-0.3, -0.25) is 9.89 Å². The molecule has 18 heavy (non-hydrogen) atoms. The number of amides is 1. The number of hydrogen-bond donors (Lipinski definition) is 3. The molecule has 7 nitrogen and oxygen atoms in total. The highest BCUT2D eigenvalue weighted by molar-refractivity contribution is 5.93. The first-order valence-corrected chi connectivity index (χ1v) is 5.90. The van der Waals surface area contributed by atoms with Crippen LogP contribution >= 0.6 is 0 Å². The summed E-state index contributed by atoms with van der Waals surface area (Å²) in [7, 11) is 0. The number of carboxylic acid groups (broad SMARTS) is 1. The van der Waals surface area contributed by atoms with Gasteiger partial charge >= 0.3 is 5.97 Å². The number of hydrogen-bond acceptors (Lipinski definition) is 4. The van der Waals surface area contributed by atoms with Crippen molar-refractivity contribution in [2.24, 2.45) is 5.92 Å². The lowest BCUT2D eigenvalue weighted by molar-refractivity contribution is -0.140. The predicted molar refractivity (Wildman–Crippen MR) is 64.1 cm³/mol. The van der Waals surface area contributed by atoms with Gasteiger partial charge in [-0.15, -0.1) is 5.10 Å². The zero-order valence-electron chi connectivity index (χ0n) is 10.7. The summed E-state index contributed by atoms with van der Waals surface area (Å²) in [5, 5.41) is 17.8. The van der Waals surface area contributed by atoms with Gasteiger partial charge in [0, 0.05) is 6.42 Å². The highest BCUT2D eigenvalue weighted by Gasteiger charge is 2.25. The van der Waals surface area contributed by atoms with Crippen LogP contribution in [-0.4, -0.2) is 38.2 Å². The van der Waals surface area contributed by atoms with E-state index in [0.29, 0.717) is 12.2 Å². The molecule has 0 aliphatic heterocycles. The van der Waals surface area contributed by atoms with E-state index in [1.165, 1.54) is 0 Å². The van der Waals surface area contributed by atoms with Crippen LogP contribution in [0.3, 0.4) is 0 Å². The van der Waals surface area contributed by atoms with Crippen LogP contribution in [0.1, 0.15) is 43.6 Å². The molecule has 1 aromatic heterocycles. The van der Waals surface area contributed by atoms with Crippen molar-refractivity contribution in [3.05, 3.63) is 11.6 Å². The Morgan fingerprint density at radius 2 is 2.11 bits per heavy atom. The number of carbonyl (C=O) groups is 2. The number of aryl methyl sites for hydroxylation is 1. The Kier molecular flexibility index (Phi) is 4.82. The van der Waals surface area contributed by atoms with Crippen LogP contribution in [0, 0.1) is 5.92 Å². The number of nitrogens with one attached hydrogen (secondary N) is 2. The molecule has 1 rings (SSSR count). The zero-order valence-corrected chi connectivity index (χ0v) is 10.7. The fraction of sp³-hybridized carbons (Fsp3) is 0.636. The molecule has 7 heteroatoms. The summed E-state index contributed by atoms with van der Waals surface area (Å²) in [6.07, 6.45) is 1.59. The molecule has 0 bridgehead atoms. The second kappa shape index (κ2) is 6.13. The number of aromatic amines is 1. The molecule has 1 amide bonds. The predicted octanol–water partition coefficient (Wildman–Crippen LogP) is 0.596. The minimum Gasteiger partial charge on any atom is -0.480 e. The third-order valence-corrected chi connectivity index (χ3v) is 2.44. The molecule has 0 saturated carbocycles. The zero-order chi connectivity index (χ0) is 13.7. The van der Waals surface area contributed by atoms with Gasteiger partial charge in [0.1, 0.15) is 11.9 Å². The van der Waals surface area contributed by atoms with Crippen molar-refractivity contribution in [1.29, 1.82) is 0 Å². The van der Waals surface area contributed by atoms with Crippen LogP contribution in [-0.2, 0) is 11.2 Å². The number of aliphatic carboxylic acids is 1. The van der Waals surface area contributed by atoms with Crippen molar-refractivity contribution < 1.29 is 14.7 Å². The van der Waals surface area contributed by atoms with E-state index >= 15 is 0 Å². The van der Waals surface area contributed by atoms with Gasteiger partial charge in [-0.1, -0.05) is 20.8 Å². The normalized spacial score (nSPS) is 12.4. The molecule has 0 saturated heterocycles. The maximum atomic E-state index is 11.8. The Morgan fingerprint density at radius 3 is 2.61 bits per heavy atom. The molecular formula is C11H18N4O3. The van der Waals surface area contributed by atoms with Gasteiger partial charge < -0.3 is 10.4 Å². The van der Waals surface area contributed by atoms with Gasteiger partial charge in [0.15, 0.2) is 0 Å². The SMILES string of the molecule is CCCc1nc(C(=O)N[C@@H](C(=O)O)C(C)C)n[nH]1. The summed E-state index contributed by atoms with van der Waals surface area (Å²) >= 11 is 0. The average molecular weight is 254 g/mol. The molecule has 3 N–H and O–H groups in total. The summed E-state index contributed by atoms with van der Waals surface area (Å²) in [5.74, 6) is -1.25. The van der Waals surface area contributed by atoms with Gasteiger partial charge in [-0.25, -0.2) is 9.78 Å². The van der Waals surface area contributed by atoms with Gasteiger partial charge in [0.2, 0.25) is 5.82 Å². The van der Waals surface area contributed by atoms with Crippen molar-refractivity contribution in [3.63, 3.8) is 0 Å². The van der Waals surface area contributed by atoms with Crippen LogP contribution < -0.4 is 5.32 Å². The second-order valence-corrected chi connectivity index (χ2v) is 4.39. The number of H-pyrrole nitrogens is 1. The fourth-order valence-electron chi connectivity index (χ4n) is 1.46. The molecule has 0 unspecified atom stereocenters. The lowest BCUT2D eigenvalue weighted by Crippen LogP contribution is -2.44. The quantitative estimate of drug-likeness (QED) is 0.688. The maximum absolute atomic E-state index is 11.8. The Balaban J connectivity index is 2.71. The van der Waals surface area contributed by atoms with E-state index in [9.17, 15) is 9.59 Å². The first-order chi connectivity index (χ1) is 8.45. The summed E-state index contributed by atoms with van der Waals surface area (Å²) in [6, 6.07) is -0.939. The molecule has 0 aliphatic carbocycles. The number of nitrogens with zero attached hydrogens (tertiary/aromatic N) is 2. The largest absolute Gasteiger partial charge is 0.480 e. The number of carboxylic acids is 1. The molecule has 100 valence electrons. The lowest BCUT2D eigenvalue weighted by atomic mass is 10.1. The van der Waals surface area contributed by atoms with Crippen LogP contribution in [0.15, 0.2) is 0 Å². The fourth-order valence-corrected chi connectivity index (χ4v) is 1.46. The molecule has 0 fully saturated rings. The van der Waals surface area contributed by atoms with E-state index in [4.69, 9.17) is 5.11 Å². The number of rotatable bonds is 6. The van der Waals surface area contributed by atoms with E-state index in [1.807, 2.05) is 6.92 Å². The monoisotopic (exact) mass is 254 g/mol. The first kappa shape index (κ1) is 14.1. The van der Waals surface area contributed by atoms with Gasteiger partial charge in [0.05, 0.1) is 0 Å². The number of aromatic nitrogens is 3. The van der Waals surface area contributed by atoms with Crippen LogP contribution in [0.5, 0.6) is 0 Å². The lowest BCUT2D eigenvalue weighted by Gasteiger charge is -2.16. The van der Waals surface area contributed by atoms with Crippen LogP contribution in [0.4, 0.5) is 0 Å². The van der Waals surface area contributed by atoms with E-state index in [0.717, 1.165) is 6.42 Å². The van der Waals surface area contributed by atoms with E-state index in [-0.39, 0.29) is 11.7 Å². The summed E-state index contributed by atoms with van der Waals surface area (Å²) in [6.45, 7) is 5.43. The van der Waals surface area contributed by atoms with Gasteiger partial charge in [-0.05, 0) is 12.3 Å². The van der Waals surface area contributed by atoms with Crippen LogP contribution in [0.2, 0.25) is 0 Å². The van der Waals surface area contributed by atoms with Gasteiger partial charge in [-0.2, -0.15) is 0 Å². The minimum absolute atomic E-state index is 0.0228. The van der Waals surface area contributed by atoms with Crippen molar-refractivity contribution in [1.82, 2.24) is 20.5 Å². The number of carbonyl (C=O) groups excluding carboxylic acids is 1. The Hall–Kier alpha value is -1.92. The summed E-state index contributed by atoms with van der Waals surface area (Å²) in [5.41, 5.74) is 0. The topological polar surface area (TPSA) is 108 Å². The molecule has 0 radical (unpaired) electrons. The first-order valence-electron chi connectivity index (χ1n) is 5.90. The smallest absolute Gasteiger partial charge is 0.326 e. The van der Waals surface area contributed by atoms with Crippen molar-refractivity contribution >= 4 is 11.9 Å². The van der Waals surface area contributed by atoms with E-state index < -0.39 is 17.9 Å². The minimum atomic E-state index is -1.07.